The summed E-state index contributed by atoms with van der Waals surface area (Å²) >= 11 is 0. The topological polar surface area (TPSA) is 68.3 Å². The third-order valence-corrected chi connectivity index (χ3v) is 10.6. The minimum atomic E-state index is -0.181. The molecular weight excluding hydrogens is 516 g/mol. The Balaban J connectivity index is 1.18. The van der Waals surface area contributed by atoms with Crippen molar-refractivity contribution in [2.24, 2.45) is 11.8 Å². The van der Waals surface area contributed by atoms with E-state index in [0.717, 1.165) is 62.3 Å². The van der Waals surface area contributed by atoms with Crippen LogP contribution in [0.1, 0.15) is 54.9 Å². The number of hydrogen-bond acceptors (Lipinski definition) is 6. The molecule has 216 valence electrons. The molecule has 2 unspecified atom stereocenters. The Morgan fingerprint density at radius 2 is 2.07 bits per heavy atom. The molecule has 2 saturated carbocycles. The highest BCUT2D eigenvalue weighted by atomic mass is 16.5. The summed E-state index contributed by atoms with van der Waals surface area (Å²) in [5, 5.41) is 0. The molecule has 0 radical (unpaired) electrons. The molecule has 0 aromatic heterocycles. The average molecular weight is 557 g/mol. The van der Waals surface area contributed by atoms with Crippen LogP contribution in [0.2, 0.25) is 0 Å². The number of rotatable bonds is 7. The van der Waals surface area contributed by atoms with Gasteiger partial charge in [0, 0.05) is 49.5 Å². The summed E-state index contributed by atoms with van der Waals surface area (Å²) in [5.41, 5.74) is 4.77. The quantitative estimate of drug-likeness (QED) is 0.369. The Morgan fingerprint density at radius 3 is 2.85 bits per heavy atom. The molecule has 1 saturated heterocycles. The van der Waals surface area contributed by atoms with Crippen LogP contribution in [0.15, 0.2) is 42.5 Å². The van der Waals surface area contributed by atoms with Crippen molar-refractivity contribution in [3.05, 3.63) is 64.7 Å². The first kappa shape index (κ1) is 26.6. The molecule has 7 rings (SSSR count). The summed E-state index contributed by atoms with van der Waals surface area (Å²) in [5.74, 6) is 2.40. The molecule has 2 aromatic rings. The fourth-order valence-corrected chi connectivity index (χ4v) is 8.66. The van der Waals surface area contributed by atoms with Crippen LogP contribution >= 0.6 is 0 Å². The molecule has 2 aromatic carbocycles. The van der Waals surface area contributed by atoms with Crippen molar-refractivity contribution < 1.29 is 23.8 Å². The van der Waals surface area contributed by atoms with Crippen molar-refractivity contribution in [1.29, 1.82) is 0 Å². The molecule has 7 heteroatoms. The van der Waals surface area contributed by atoms with Crippen molar-refractivity contribution in [2.75, 3.05) is 27.2 Å². The van der Waals surface area contributed by atoms with Gasteiger partial charge in [0.05, 0.1) is 13.2 Å². The highest BCUT2D eigenvalue weighted by Gasteiger charge is 2.66. The second-order valence-electron chi connectivity index (χ2n) is 12.8. The minimum absolute atomic E-state index is 0.00754. The first-order chi connectivity index (χ1) is 19.8. The minimum Gasteiger partial charge on any atom is -0.493 e. The highest BCUT2D eigenvalue weighted by Crippen LogP contribution is 2.64. The number of nitrogens with zero attached hydrogens (tertiary/aromatic N) is 2. The van der Waals surface area contributed by atoms with Crippen molar-refractivity contribution in [3.8, 4) is 11.5 Å². The fraction of sp³-hybridized carbons (Fsp3) is 0.529. The standard InChI is InChI=1S/C34H40N2O5/c1-20-6-5-7-22(16-20)8-13-30(38)35(3)26-11-10-25-27-17-23-9-12-28(39-4)32-31(23)34(25,33(26)41-32)14-15-36(27)19-24-18-29(24)40-21(2)37/h5-9,12-13,16,24-27,29,33H,10-11,14-15,17-19H2,1-4H3/t24?,25-,26+,27+,29?,33-,34-/m0/s1. The highest BCUT2D eigenvalue weighted by molar-refractivity contribution is 5.92. The number of ether oxygens (including phenoxy) is 3. The molecule has 7 nitrogen and oxygen atoms in total. The summed E-state index contributed by atoms with van der Waals surface area (Å²) in [6.07, 6.45) is 8.51. The monoisotopic (exact) mass is 556 g/mol. The van der Waals surface area contributed by atoms with Crippen molar-refractivity contribution >= 4 is 18.0 Å². The van der Waals surface area contributed by atoms with E-state index in [0.29, 0.717) is 17.9 Å². The van der Waals surface area contributed by atoms with Crippen molar-refractivity contribution in [3.63, 3.8) is 0 Å². The number of likely N-dealkylation sites (tertiary alicyclic amines) is 1. The van der Waals surface area contributed by atoms with Gasteiger partial charge >= 0.3 is 5.97 Å². The van der Waals surface area contributed by atoms with Crippen LogP contribution in [0.4, 0.5) is 0 Å². The molecule has 0 N–H and O–H groups in total. The van der Waals surface area contributed by atoms with E-state index >= 15 is 0 Å². The van der Waals surface area contributed by atoms with Crippen LogP contribution in [0.3, 0.4) is 0 Å². The lowest BCUT2D eigenvalue weighted by molar-refractivity contribution is -0.142. The number of hydrogen-bond donors (Lipinski definition) is 0. The summed E-state index contributed by atoms with van der Waals surface area (Å²) in [4.78, 5) is 29.6. The Hall–Kier alpha value is -3.32. The lowest BCUT2D eigenvalue weighted by atomic mass is 9.51. The molecule has 1 spiro atoms. The maximum absolute atomic E-state index is 13.5. The number of carbonyl (C=O) groups is 2. The number of piperidine rings is 1. The number of methoxy groups -OCH3 is 1. The predicted octanol–water partition coefficient (Wildman–Crippen LogP) is 4.53. The van der Waals surface area contributed by atoms with Gasteiger partial charge in [0.2, 0.25) is 5.91 Å². The van der Waals surface area contributed by atoms with Gasteiger partial charge in [-0.05, 0) is 74.8 Å². The van der Waals surface area contributed by atoms with E-state index in [1.807, 2.05) is 30.2 Å². The van der Waals surface area contributed by atoms with E-state index in [2.05, 4.69) is 36.1 Å². The smallest absolute Gasteiger partial charge is 0.302 e. The van der Waals surface area contributed by atoms with Crippen LogP contribution in [-0.2, 0) is 26.2 Å². The van der Waals surface area contributed by atoms with Crippen LogP contribution in [0.25, 0.3) is 6.08 Å². The molecule has 2 heterocycles. The number of amides is 1. The van der Waals surface area contributed by atoms with Gasteiger partial charge in [0.1, 0.15) is 12.2 Å². The first-order valence-corrected chi connectivity index (χ1v) is 15.1. The van der Waals surface area contributed by atoms with E-state index < -0.39 is 0 Å². The van der Waals surface area contributed by atoms with Crippen LogP contribution in [0.5, 0.6) is 11.5 Å². The van der Waals surface area contributed by atoms with Gasteiger partial charge in [-0.1, -0.05) is 35.9 Å². The molecule has 5 aliphatic rings. The molecule has 3 aliphatic carbocycles. The van der Waals surface area contributed by atoms with E-state index in [9.17, 15) is 9.59 Å². The van der Waals surface area contributed by atoms with Crippen LogP contribution < -0.4 is 9.47 Å². The van der Waals surface area contributed by atoms with Gasteiger partial charge in [0.25, 0.3) is 0 Å². The lowest BCUT2D eigenvalue weighted by Gasteiger charge is -2.60. The van der Waals surface area contributed by atoms with E-state index in [1.54, 1.807) is 13.2 Å². The molecular formula is C34H40N2O5. The fourth-order valence-electron chi connectivity index (χ4n) is 8.66. The third-order valence-electron chi connectivity index (χ3n) is 10.6. The zero-order chi connectivity index (χ0) is 28.5. The Bertz CT molecular complexity index is 1420. The van der Waals surface area contributed by atoms with Gasteiger partial charge in [-0.25, -0.2) is 0 Å². The van der Waals surface area contributed by atoms with Crippen LogP contribution in [-0.4, -0.2) is 73.2 Å². The Morgan fingerprint density at radius 1 is 1.22 bits per heavy atom. The van der Waals surface area contributed by atoms with E-state index in [-0.39, 0.29) is 35.5 Å². The molecule has 7 atom stereocenters. The van der Waals surface area contributed by atoms with Gasteiger partial charge in [-0.2, -0.15) is 0 Å². The Labute approximate surface area is 242 Å². The zero-order valence-electron chi connectivity index (χ0n) is 24.5. The van der Waals surface area contributed by atoms with Gasteiger partial charge in [-0.15, -0.1) is 0 Å². The third kappa shape index (κ3) is 4.27. The average Bonchev–Trinajstić information content (AvgIpc) is 3.58. The summed E-state index contributed by atoms with van der Waals surface area (Å²) in [7, 11) is 3.65. The van der Waals surface area contributed by atoms with Gasteiger partial charge < -0.3 is 19.1 Å². The number of benzene rings is 2. The maximum atomic E-state index is 13.5. The van der Waals surface area contributed by atoms with E-state index in [1.165, 1.54) is 23.6 Å². The van der Waals surface area contributed by atoms with Gasteiger partial charge in [-0.3, -0.25) is 14.5 Å². The SMILES string of the molecule is COc1ccc2c3c1O[C@H]1[C@H](N(C)C(=O)C=Cc4cccc(C)c4)CC[C@H]4[C@@H](C2)N(CC2CC2OC(C)=O)CC[C@@]341. The summed E-state index contributed by atoms with van der Waals surface area (Å²) in [6.45, 7) is 5.53. The largest absolute Gasteiger partial charge is 0.493 e. The first-order valence-electron chi connectivity index (χ1n) is 15.1. The number of aryl methyl sites for hydroxylation is 1. The lowest BCUT2D eigenvalue weighted by Crippen LogP contribution is -2.69. The summed E-state index contributed by atoms with van der Waals surface area (Å²) < 4.78 is 18.2. The van der Waals surface area contributed by atoms with Crippen molar-refractivity contribution in [1.82, 2.24) is 9.80 Å². The number of carbonyl (C=O) groups excluding carboxylic acids is 2. The maximum Gasteiger partial charge on any atom is 0.302 e. The number of likely N-dealkylation sites (N-methyl/N-ethyl adjacent to an activating group) is 1. The molecule has 41 heavy (non-hydrogen) atoms. The molecule has 3 fully saturated rings. The molecule has 2 aliphatic heterocycles. The molecule has 1 amide bonds. The predicted molar refractivity (Wildman–Crippen MR) is 156 cm³/mol. The zero-order valence-corrected chi connectivity index (χ0v) is 24.5. The Kier molecular flexibility index (Phi) is 6.42. The van der Waals surface area contributed by atoms with Crippen LogP contribution in [0, 0.1) is 18.8 Å². The second kappa shape index (κ2) is 9.90. The van der Waals surface area contributed by atoms with Gasteiger partial charge in [0.15, 0.2) is 11.5 Å². The molecule has 2 bridgehead atoms. The van der Waals surface area contributed by atoms with Crippen molar-refractivity contribution in [2.45, 2.75) is 75.7 Å². The van der Waals surface area contributed by atoms with E-state index in [4.69, 9.17) is 14.2 Å². The summed E-state index contributed by atoms with van der Waals surface area (Å²) in [6, 6.07) is 12.9. The normalized spacial score (nSPS) is 32.7. The number of esters is 1. The second-order valence-corrected chi connectivity index (χ2v) is 12.8.